The highest BCUT2D eigenvalue weighted by Crippen LogP contribution is 2.28. The molecule has 1 fully saturated rings. The lowest BCUT2D eigenvalue weighted by atomic mass is 9.94. The Balaban J connectivity index is 2.26. The van der Waals surface area contributed by atoms with E-state index in [1.165, 1.54) is 0 Å². The van der Waals surface area contributed by atoms with Gasteiger partial charge in [0.15, 0.2) is 0 Å². The summed E-state index contributed by atoms with van der Waals surface area (Å²) in [6, 6.07) is 5.88. The van der Waals surface area contributed by atoms with E-state index in [9.17, 15) is 4.79 Å². The van der Waals surface area contributed by atoms with Gasteiger partial charge in [0, 0.05) is 23.8 Å². The number of amides is 1. The number of piperidine rings is 1. The van der Waals surface area contributed by atoms with Crippen LogP contribution in [0.15, 0.2) is 18.2 Å². The van der Waals surface area contributed by atoms with Crippen LogP contribution in [0.3, 0.4) is 0 Å². The topological polar surface area (TPSA) is 46.3 Å². The molecule has 0 spiro atoms. The molecule has 1 amide bonds. The van der Waals surface area contributed by atoms with Crippen LogP contribution in [-0.2, 0) is 4.79 Å². The van der Waals surface area contributed by atoms with E-state index in [0.29, 0.717) is 0 Å². The Morgan fingerprint density at radius 2 is 2.24 bits per heavy atom. The molecule has 2 N–H and O–H groups in total. The zero-order valence-corrected chi connectivity index (χ0v) is 10.6. The Labute approximate surface area is 103 Å². The number of aryl methyl sites for hydroxylation is 1. The second-order valence-electron chi connectivity index (χ2n) is 4.78. The van der Waals surface area contributed by atoms with Gasteiger partial charge < -0.3 is 10.6 Å². The number of carbonyl (C=O) groups is 1. The van der Waals surface area contributed by atoms with Gasteiger partial charge in [-0.1, -0.05) is 13.0 Å². The van der Waals surface area contributed by atoms with Gasteiger partial charge in [0.1, 0.15) is 0 Å². The third-order valence-electron chi connectivity index (χ3n) is 3.62. The van der Waals surface area contributed by atoms with Crippen molar-refractivity contribution in [3.8, 4) is 0 Å². The Kier molecular flexibility index (Phi) is 3.36. The van der Waals surface area contributed by atoms with Gasteiger partial charge in [-0.2, -0.15) is 0 Å². The largest absolute Gasteiger partial charge is 0.398 e. The first-order chi connectivity index (χ1) is 8.13. The minimum absolute atomic E-state index is 0.186. The summed E-state index contributed by atoms with van der Waals surface area (Å²) in [6.07, 6.45) is 3.03. The first-order valence-corrected chi connectivity index (χ1v) is 6.31. The quantitative estimate of drug-likeness (QED) is 0.797. The molecule has 3 heteroatoms. The molecule has 0 bridgehead atoms. The van der Waals surface area contributed by atoms with Gasteiger partial charge in [0.25, 0.3) is 0 Å². The van der Waals surface area contributed by atoms with Crippen molar-refractivity contribution >= 4 is 17.3 Å². The third kappa shape index (κ3) is 2.28. The molecule has 1 aliphatic heterocycles. The van der Waals surface area contributed by atoms with Crippen molar-refractivity contribution in [3.05, 3.63) is 23.8 Å². The zero-order valence-electron chi connectivity index (χ0n) is 10.6. The minimum atomic E-state index is 0.186. The summed E-state index contributed by atoms with van der Waals surface area (Å²) in [4.78, 5) is 14.1. The predicted molar refractivity (Wildman–Crippen MR) is 71.0 cm³/mol. The van der Waals surface area contributed by atoms with Crippen LogP contribution in [0.2, 0.25) is 0 Å². The fraction of sp³-hybridized carbons (Fsp3) is 0.500. The monoisotopic (exact) mass is 232 g/mol. The maximum atomic E-state index is 12.2. The van der Waals surface area contributed by atoms with Crippen molar-refractivity contribution in [2.24, 2.45) is 5.92 Å². The maximum absolute atomic E-state index is 12.2. The molecule has 2 rings (SSSR count). The molecule has 1 aliphatic rings. The van der Waals surface area contributed by atoms with Gasteiger partial charge >= 0.3 is 0 Å². The number of nitrogen functional groups attached to an aromatic ring is 1. The normalized spacial score (nSPS) is 20.7. The molecule has 1 heterocycles. The predicted octanol–water partition coefficient (Wildman–Crippen LogP) is 2.73. The number of nitrogens with zero attached hydrogens (tertiary/aromatic N) is 1. The van der Waals surface area contributed by atoms with E-state index >= 15 is 0 Å². The first-order valence-electron chi connectivity index (χ1n) is 6.31. The van der Waals surface area contributed by atoms with Crippen LogP contribution in [0, 0.1) is 12.8 Å². The van der Waals surface area contributed by atoms with E-state index in [-0.39, 0.29) is 11.8 Å². The third-order valence-corrected chi connectivity index (χ3v) is 3.62. The van der Waals surface area contributed by atoms with E-state index in [1.807, 2.05) is 30.0 Å². The zero-order chi connectivity index (χ0) is 12.4. The molecule has 1 unspecified atom stereocenters. The van der Waals surface area contributed by atoms with Gasteiger partial charge in [-0.3, -0.25) is 4.79 Å². The van der Waals surface area contributed by atoms with Gasteiger partial charge in [-0.15, -0.1) is 0 Å². The Hall–Kier alpha value is -1.51. The number of hydrogen-bond donors (Lipinski definition) is 1. The van der Waals surface area contributed by atoms with Crippen LogP contribution in [0.5, 0.6) is 0 Å². The van der Waals surface area contributed by atoms with E-state index in [2.05, 4.69) is 6.92 Å². The minimum Gasteiger partial charge on any atom is -0.398 e. The van der Waals surface area contributed by atoms with Gasteiger partial charge in [0.2, 0.25) is 5.91 Å². The Bertz CT molecular complexity index is 428. The SMILES string of the molecule is CCC1CCCN(c2ccc(C)c(N)c2)C1=O. The molecule has 17 heavy (non-hydrogen) atoms. The van der Waals surface area contributed by atoms with Crippen LogP contribution >= 0.6 is 0 Å². The molecule has 0 aromatic heterocycles. The number of hydrogen-bond acceptors (Lipinski definition) is 2. The summed E-state index contributed by atoms with van der Waals surface area (Å²) in [6.45, 7) is 4.87. The molecule has 92 valence electrons. The molecule has 0 radical (unpaired) electrons. The summed E-state index contributed by atoms with van der Waals surface area (Å²) in [7, 11) is 0. The fourth-order valence-electron chi connectivity index (χ4n) is 2.38. The van der Waals surface area contributed by atoms with Crippen molar-refractivity contribution in [1.82, 2.24) is 0 Å². The maximum Gasteiger partial charge on any atom is 0.230 e. The average molecular weight is 232 g/mol. The van der Waals surface area contributed by atoms with Gasteiger partial charge in [0.05, 0.1) is 0 Å². The van der Waals surface area contributed by atoms with E-state index < -0.39 is 0 Å². The van der Waals surface area contributed by atoms with Crippen molar-refractivity contribution in [2.75, 3.05) is 17.2 Å². The average Bonchev–Trinajstić information content (AvgIpc) is 2.33. The van der Waals surface area contributed by atoms with E-state index in [0.717, 1.165) is 42.7 Å². The van der Waals surface area contributed by atoms with E-state index in [1.54, 1.807) is 0 Å². The highest BCUT2D eigenvalue weighted by atomic mass is 16.2. The second-order valence-corrected chi connectivity index (χ2v) is 4.78. The molecule has 0 aliphatic carbocycles. The fourth-order valence-corrected chi connectivity index (χ4v) is 2.38. The molecule has 1 atom stereocenters. The van der Waals surface area contributed by atoms with Crippen LogP contribution in [0.1, 0.15) is 31.7 Å². The lowest BCUT2D eigenvalue weighted by Crippen LogP contribution is -2.41. The highest BCUT2D eigenvalue weighted by Gasteiger charge is 2.28. The standard InChI is InChI=1S/C14H20N2O/c1-3-11-5-4-8-16(14(11)17)12-7-6-10(2)13(15)9-12/h6-7,9,11H,3-5,8,15H2,1-2H3. The molecule has 0 saturated carbocycles. The van der Waals surface area contributed by atoms with E-state index in [4.69, 9.17) is 5.73 Å². The second kappa shape index (κ2) is 4.78. The summed E-state index contributed by atoms with van der Waals surface area (Å²) in [5.74, 6) is 0.438. The molecule has 1 aromatic carbocycles. The van der Waals surface area contributed by atoms with Crippen molar-refractivity contribution in [3.63, 3.8) is 0 Å². The molecular weight excluding hydrogens is 212 g/mol. The van der Waals surface area contributed by atoms with Crippen LogP contribution in [0.25, 0.3) is 0 Å². The van der Waals surface area contributed by atoms with Gasteiger partial charge in [-0.25, -0.2) is 0 Å². The van der Waals surface area contributed by atoms with Crippen LogP contribution < -0.4 is 10.6 Å². The summed E-state index contributed by atoms with van der Waals surface area (Å²) < 4.78 is 0. The van der Waals surface area contributed by atoms with Crippen molar-refractivity contribution < 1.29 is 4.79 Å². The Morgan fingerprint density at radius 1 is 1.47 bits per heavy atom. The molecular formula is C14H20N2O. The van der Waals surface area contributed by atoms with Crippen LogP contribution in [0.4, 0.5) is 11.4 Å². The summed E-state index contributed by atoms with van der Waals surface area (Å²) >= 11 is 0. The summed E-state index contributed by atoms with van der Waals surface area (Å²) in [5, 5.41) is 0. The number of benzene rings is 1. The number of anilines is 2. The molecule has 1 aromatic rings. The first kappa shape index (κ1) is 12.0. The van der Waals surface area contributed by atoms with Crippen molar-refractivity contribution in [1.29, 1.82) is 0 Å². The Morgan fingerprint density at radius 3 is 2.88 bits per heavy atom. The number of rotatable bonds is 2. The van der Waals surface area contributed by atoms with Crippen molar-refractivity contribution in [2.45, 2.75) is 33.1 Å². The smallest absolute Gasteiger partial charge is 0.230 e. The number of nitrogens with two attached hydrogens (primary N) is 1. The lowest BCUT2D eigenvalue weighted by Gasteiger charge is -2.32. The summed E-state index contributed by atoms with van der Waals surface area (Å²) in [5.41, 5.74) is 8.66. The number of carbonyl (C=O) groups excluding carboxylic acids is 1. The lowest BCUT2D eigenvalue weighted by molar-refractivity contribution is -0.123. The highest BCUT2D eigenvalue weighted by molar-refractivity contribution is 5.96. The van der Waals surface area contributed by atoms with Crippen LogP contribution in [-0.4, -0.2) is 12.5 Å². The molecule has 3 nitrogen and oxygen atoms in total. The van der Waals surface area contributed by atoms with Gasteiger partial charge in [-0.05, 0) is 43.9 Å². The molecule has 1 saturated heterocycles.